The Kier molecular flexibility index (Phi) is 3.84. The van der Waals surface area contributed by atoms with Crippen molar-refractivity contribution < 1.29 is 9.59 Å². The van der Waals surface area contributed by atoms with Crippen LogP contribution in [0.5, 0.6) is 0 Å². The molecule has 0 aromatic carbocycles. The first-order valence-electron chi connectivity index (χ1n) is 10.1. The van der Waals surface area contributed by atoms with E-state index in [0.29, 0.717) is 28.1 Å². The van der Waals surface area contributed by atoms with Gasteiger partial charge in [0.2, 0.25) is 0 Å². The number of ketones is 2. The molecule has 1 saturated heterocycles. The fraction of sp³-hybridized carbons (Fsp3) is 0.905. The van der Waals surface area contributed by atoms with Gasteiger partial charge in [-0.15, -0.1) is 0 Å². The molecule has 1 aliphatic heterocycles. The number of Topliss-reactive ketones (excluding diaryl/α,β-unsaturated/α-hetero) is 2. The molecular formula is C21H29IO2S. The molecule has 1 heterocycles. The van der Waals surface area contributed by atoms with Gasteiger partial charge in [0.15, 0.2) is 0 Å². The molecule has 2 bridgehead atoms. The molecule has 138 valence electrons. The summed E-state index contributed by atoms with van der Waals surface area (Å²) in [4.78, 5) is 24.6. The first-order valence-corrected chi connectivity index (χ1v) is 12.3. The quantitative estimate of drug-likeness (QED) is 0.395. The van der Waals surface area contributed by atoms with Crippen LogP contribution in [0.4, 0.5) is 0 Å². The third-order valence-corrected chi connectivity index (χ3v) is 13.6. The van der Waals surface area contributed by atoms with Gasteiger partial charge in [-0.3, -0.25) is 9.59 Å². The van der Waals surface area contributed by atoms with E-state index in [-0.39, 0.29) is 8.84 Å². The van der Waals surface area contributed by atoms with Crippen LogP contribution in [0.3, 0.4) is 0 Å². The Morgan fingerprint density at radius 1 is 1.20 bits per heavy atom. The van der Waals surface area contributed by atoms with Crippen LogP contribution >= 0.6 is 34.4 Å². The van der Waals surface area contributed by atoms with Gasteiger partial charge in [-0.05, 0) is 74.0 Å². The van der Waals surface area contributed by atoms with Crippen LogP contribution in [0.2, 0.25) is 0 Å². The van der Waals surface area contributed by atoms with E-state index in [4.69, 9.17) is 0 Å². The highest BCUT2D eigenvalue weighted by Crippen LogP contribution is 2.75. The normalized spacial score (nSPS) is 56.9. The number of alkyl halides is 1. The number of fused-ring (bicyclic) bond motifs is 3. The smallest absolute Gasteiger partial charge is 0.134 e. The second kappa shape index (κ2) is 5.48. The van der Waals surface area contributed by atoms with Crippen molar-refractivity contribution in [3.8, 4) is 0 Å². The second-order valence-electron chi connectivity index (χ2n) is 9.93. The van der Waals surface area contributed by atoms with Crippen molar-refractivity contribution in [2.45, 2.75) is 73.9 Å². The van der Waals surface area contributed by atoms with E-state index >= 15 is 0 Å². The Morgan fingerprint density at radius 2 is 2.00 bits per heavy atom. The largest absolute Gasteiger partial charge is 0.300 e. The zero-order valence-corrected chi connectivity index (χ0v) is 18.3. The van der Waals surface area contributed by atoms with Crippen molar-refractivity contribution in [3.05, 3.63) is 0 Å². The zero-order valence-electron chi connectivity index (χ0n) is 15.4. The molecule has 2 nitrogen and oxygen atoms in total. The fourth-order valence-electron chi connectivity index (χ4n) is 8.20. The highest BCUT2D eigenvalue weighted by Gasteiger charge is 2.71. The summed E-state index contributed by atoms with van der Waals surface area (Å²) in [5, 5.41) is 0.664. The Labute approximate surface area is 169 Å². The standard InChI is InChI=1S/C21H29IO2S/c1-12(23)15-3-4-16-14-9-18-21(22)10-13(24)5-8-20(21,11-25-18)17(14)6-7-19(15,16)2/h14-18H,3-11H2,1-2H3/t14-,15+,16-,17-,18-,19+,20-,21-/m0/s1. The average molecular weight is 472 g/mol. The summed E-state index contributed by atoms with van der Waals surface area (Å²) in [7, 11) is 0. The minimum Gasteiger partial charge on any atom is -0.300 e. The Balaban J connectivity index is 1.53. The molecule has 0 aromatic rings. The highest BCUT2D eigenvalue weighted by molar-refractivity contribution is 14.1. The molecule has 0 aromatic heterocycles. The Bertz CT molecular complexity index is 650. The molecule has 0 spiro atoms. The van der Waals surface area contributed by atoms with Crippen molar-refractivity contribution >= 4 is 45.9 Å². The number of hydrogen-bond donors (Lipinski definition) is 0. The molecule has 5 fully saturated rings. The minimum absolute atomic E-state index is 0.220. The number of carbonyl (C=O) groups excluding carboxylic acids is 2. The lowest BCUT2D eigenvalue weighted by Gasteiger charge is -2.62. The third-order valence-electron chi connectivity index (χ3n) is 9.31. The van der Waals surface area contributed by atoms with Crippen molar-refractivity contribution in [2.24, 2.45) is 34.5 Å². The number of hydrogen-bond acceptors (Lipinski definition) is 3. The summed E-state index contributed by atoms with van der Waals surface area (Å²) in [5.41, 5.74) is 0.652. The molecule has 5 aliphatic rings. The minimum atomic E-state index is 0.220. The topological polar surface area (TPSA) is 34.1 Å². The lowest BCUT2D eigenvalue weighted by molar-refractivity contribution is -0.135. The molecule has 8 atom stereocenters. The lowest BCUT2D eigenvalue weighted by Crippen LogP contribution is -2.63. The zero-order chi connectivity index (χ0) is 17.6. The monoisotopic (exact) mass is 472 g/mol. The van der Waals surface area contributed by atoms with Crippen LogP contribution < -0.4 is 0 Å². The van der Waals surface area contributed by atoms with E-state index < -0.39 is 0 Å². The van der Waals surface area contributed by atoms with Gasteiger partial charge in [-0.1, -0.05) is 29.5 Å². The molecule has 4 aliphatic carbocycles. The summed E-state index contributed by atoms with van der Waals surface area (Å²) in [6.07, 6.45) is 9.01. The van der Waals surface area contributed by atoms with Crippen molar-refractivity contribution in [3.63, 3.8) is 0 Å². The predicted octanol–water partition coefficient (Wildman–Crippen LogP) is 5.07. The van der Waals surface area contributed by atoms with E-state index in [2.05, 4.69) is 41.3 Å². The maximum atomic E-state index is 12.3. The predicted molar refractivity (Wildman–Crippen MR) is 110 cm³/mol. The molecule has 25 heavy (non-hydrogen) atoms. The molecule has 0 N–H and O–H groups in total. The van der Waals surface area contributed by atoms with E-state index in [1.165, 1.54) is 31.4 Å². The van der Waals surface area contributed by atoms with Gasteiger partial charge < -0.3 is 0 Å². The van der Waals surface area contributed by atoms with Crippen molar-refractivity contribution in [1.29, 1.82) is 0 Å². The van der Waals surface area contributed by atoms with Gasteiger partial charge in [0.05, 0.1) is 0 Å². The van der Waals surface area contributed by atoms with Gasteiger partial charge in [0.1, 0.15) is 11.6 Å². The molecule has 0 radical (unpaired) electrons. The number of halogens is 1. The molecule has 0 amide bonds. The van der Waals surface area contributed by atoms with E-state index in [0.717, 1.165) is 43.4 Å². The maximum absolute atomic E-state index is 12.3. The van der Waals surface area contributed by atoms with Crippen LogP contribution in [0.1, 0.15) is 65.2 Å². The van der Waals surface area contributed by atoms with E-state index in [9.17, 15) is 9.59 Å². The van der Waals surface area contributed by atoms with Crippen LogP contribution in [-0.4, -0.2) is 26.0 Å². The Morgan fingerprint density at radius 3 is 2.76 bits per heavy atom. The van der Waals surface area contributed by atoms with Gasteiger partial charge in [-0.2, -0.15) is 11.8 Å². The summed E-state index contributed by atoms with van der Waals surface area (Å²) >= 11 is 4.93. The van der Waals surface area contributed by atoms with Crippen LogP contribution in [-0.2, 0) is 9.59 Å². The van der Waals surface area contributed by atoms with Crippen LogP contribution in [0.25, 0.3) is 0 Å². The summed E-state index contributed by atoms with van der Waals surface area (Å²) in [6, 6.07) is 0. The number of carbonyl (C=O) groups is 2. The fourth-order valence-corrected chi connectivity index (χ4v) is 12.6. The van der Waals surface area contributed by atoms with Crippen LogP contribution in [0, 0.1) is 34.5 Å². The van der Waals surface area contributed by atoms with Crippen molar-refractivity contribution in [1.82, 2.24) is 0 Å². The van der Waals surface area contributed by atoms with Gasteiger partial charge in [0.25, 0.3) is 0 Å². The molecule has 0 unspecified atom stereocenters. The van der Waals surface area contributed by atoms with E-state index in [1.54, 1.807) is 0 Å². The second-order valence-corrected chi connectivity index (χ2v) is 13.0. The maximum Gasteiger partial charge on any atom is 0.134 e. The SMILES string of the molecule is CC(=O)[C@H]1CC[C@H]2[C@@H]3C[C@@H]4SC[C@@]5(CCC(=O)C[C@]45I)[C@H]3CC[C@]12C. The van der Waals surface area contributed by atoms with Crippen molar-refractivity contribution in [2.75, 3.05) is 5.75 Å². The number of rotatable bonds is 1. The highest BCUT2D eigenvalue weighted by atomic mass is 127. The third kappa shape index (κ3) is 2.05. The summed E-state index contributed by atoms with van der Waals surface area (Å²) < 4.78 is 0.220. The summed E-state index contributed by atoms with van der Waals surface area (Å²) in [5.74, 6) is 4.88. The number of thioether (sulfide) groups is 1. The van der Waals surface area contributed by atoms with Gasteiger partial charge in [-0.25, -0.2) is 0 Å². The van der Waals surface area contributed by atoms with Gasteiger partial charge >= 0.3 is 0 Å². The first kappa shape index (κ1) is 17.5. The lowest BCUT2D eigenvalue weighted by atomic mass is 9.44. The molecule has 4 heteroatoms. The molecule has 5 rings (SSSR count). The van der Waals surface area contributed by atoms with Gasteiger partial charge in [0, 0.05) is 33.2 Å². The average Bonchev–Trinajstić information content (AvgIpc) is 2.97. The molecule has 4 saturated carbocycles. The summed E-state index contributed by atoms with van der Waals surface area (Å²) in [6.45, 7) is 4.27. The molecular weight excluding hydrogens is 443 g/mol. The van der Waals surface area contributed by atoms with E-state index in [1.807, 2.05) is 6.92 Å². The van der Waals surface area contributed by atoms with Crippen LogP contribution in [0.15, 0.2) is 0 Å². The first-order chi connectivity index (χ1) is 11.8. The Hall–Kier alpha value is 0.420.